The van der Waals surface area contributed by atoms with Crippen LogP contribution in [0.15, 0.2) is 29.2 Å². The van der Waals surface area contributed by atoms with Crippen molar-refractivity contribution in [2.24, 2.45) is 5.73 Å². The second kappa shape index (κ2) is 4.18. The van der Waals surface area contributed by atoms with Gasteiger partial charge in [0.25, 0.3) is 0 Å². The van der Waals surface area contributed by atoms with Gasteiger partial charge < -0.3 is 5.73 Å². The van der Waals surface area contributed by atoms with E-state index >= 15 is 0 Å². The fraction of sp³-hybridized carbons (Fsp3) is 0.500. The molecule has 0 amide bonds. The molecule has 1 aliphatic heterocycles. The first kappa shape index (κ1) is 11.6. The number of hydrogen-bond acceptors (Lipinski definition) is 3. The van der Waals surface area contributed by atoms with Crippen molar-refractivity contribution in [2.45, 2.75) is 36.6 Å². The summed E-state index contributed by atoms with van der Waals surface area (Å²) in [7, 11) is -3.10. The molecule has 0 saturated heterocycles. The van der Waals surface area contributed by atoms with Gasteiger partial charge in [-0.1, -0.05) is 31.5 Å². The Morgan fingerprint density at radius 3 is 2.81 bits per heavy atom. The molecule has 2 N–H and O–H groups in total. The molecule has 0 bridgehead atoms. The summed E-state index contributed by atoms with van der Waals surface area (Å²) in [6, 6.07) is 7.17. The molecule has 2 atom stereocenters. The van der Waals surface area contributed by atoms with E-state index in [9.17, 15) is 8.42 Å². The highest BCUT2D eigenvalue weighted by molar-refractivity contribution is 7.91. The van der Waals surface area contributed by atoms with Crippen molar-refractivity contribution in [3.8, 4) is 0 Å². The van der Waals surface area contributed by atoms with E-state index in [1.165, 1.54) is 0 Å². The minimum atomic E-state index is -3.10. The largest absolute Gasteiger partial charge is 0.327 e. The second-order valence-corrected chi connectivity index (χ2v) is 6.38. The van der Waals surface area contributed by atoms with Crippen LogP contribution in [0.1, 0.15) is 31.2 Å². The van der Waals surface area contributed by atoms with Crippen molar-refractivity contribution in [1.82, 2.24) is 0 Å². The summed E-state index contributed by atoms with van der Waals surface area (Å²) in [5, 5.41) is 0. The zero-order valence-corrected chi connectivity index (χ0v) is 10.2. The summed E-state index contributed by atoms with van der Waals surface area (Å²) in [6.45, 7) is 2.06. The minimum absolute atomic E-state index is 0.0267. The summed E-state index contributed by atoms with van der Waals surface area (Å²) < 4.78 is 23.8. The van der Waals surface area contributed by atoms with Crippen LogP contribution in [-0.2, 0) is 9.84 Å². The first-order valence-corrected chi connectivity index (χ1v) is 7.28. The first-order chi connectivity index (χ1) is 7.56. The lowest BCUT2D eigenvalue weighted by Crippen LogP contribution is -2.29. The molecular weight excluding hydrogens is 222 g/mol. The molecule has 0 fully saturated rings. The minimum Gasteiger partial charge on any atom is -0.327 e. The van der Waals surface area contributed by atoms with Crippen molar-refractivity contribution in [3.05, 3.63) is 29.8 Å². The van der Waals surface area contributed by atoms with E-state index in [1.54, 1.807) is 12.1 Å². The highest BCUT2D eigenvalue weighted by Gasteiger charge is 2.36. The van der Waals surface area contributed by atoms with E-state index in [1.807, 2.05) is 12.1 Å². The van der Waals surface area contributed by atoms with E-state index < -0.39 is 9.84 Å². The molecule has 1 heterocycles. The molecule has 3 nitrogen and oxygen atoms in total. The molecule has 16 heavy (non-hydrogen) atoms. The standard InChI is InChI=1S/C12H17NO2S/c1-2-5-11(13)10-8-16(14,15)12-7-4-3-6-9(10)12/h3-4,6-7,10-11H,2,5,8,13H2,1H3. The van der Waals surface area contributed by atoms with Gasteiger partial charge in [0.15, 0.2) is 9.84 Å². The number of fused-ring (bicyclic) bond motifs is 1. The third kappa shape index (κ3) is 1.87. The summed E-state index contributed by atoms with van der Waals surface area (Å²) >= 11 is 0. The zero-order chi connectivity index (χ0) is 11.8. The third-order valence-corrected chi connectivity index (χ3v) is 5.03. The Hall–Kier alpha value is -0.870. The van der Waals surface area contributed by atoms with E-state index in [0.717, 1.165) is 18.4 Å². The molecule has 4 heteroatoms. The Morgan fingerprint density at radius 2 is 2.12 bits per heavy atom. The van der Waals surface area contributed by atoms with Crippen molar-refractivity contribution in [3.63, 3.8) is 0 Å². The maximum atomic E-state index is 11.9. The van der Waals surface area contributed by atoms with Crippen molar-refractivity contribution < 1.29 is 8.42 Å². The number of sulfone groups is 1. The fourth-order valence-electron chi connectivity index (χ4n) is 2.37. The molecule has 0 saturated carbocycles. The molecule has 1 aromatic rings. The molecule has 2 unspecified atom stereocenters. The molecule has 88 valence electrons. The first-order valence-electron chi connectivity index (χ1n) is 5.63. The van der Waals surface area contributed by atoms with Crippen LogP contribution in [0.25, 0.3) is 0 Å². The fourth-order valence-corrected chi connectivity index (χ4v) is 4.32. The van der Waals surface area contributed by atoms with Gasteiger partial charge in [-0.3, -0.25) is 0 Å². The molecule has 2 rings (SSSR count). The summed E-state index contributed by atoms with van der Waals surface area (Å²) in [5.41, 5.74) is 6.97. The molecule has 0 aromatic heterocycles. The van der Waals surface area contributed by atoms with E-state index in [4.69, 9.17) is 5.73 Å². The predicted molar refractivity (Wildman–Crippen MR) is 64.1 cm³/mol. The van der Waals surface area contributed by atoms with Gasteiger partial charge in [0.2, 0.25) is 0 Å². The van der Waals surface area contributed by atoms with Crippen LogP contribution in [0.4, 0.5) is 0 Å². The van der Waals surface area contributed by atoms with E-state index in [2.05, 4.69) is 6.92 Å². The topological polar surface area (TPSA) is 60.2 Å². The average molecular weight is 239 g/mol. The lowest BCUT2D eigenvalue weighted by molar-refractivity contribution is 0.523. The number of hydrogen-bond donors (Lipinski definition) is 1. The van der Waals surface area contributed by atoms with Gasteiger partial charge >= 0.3 is 0 Å². The Balaban J connectivity index is 2.41. The summed E-state index contributed by atoms with van der Waals surface area (Å²) in [4.78, 5) is 0.478. The molecule has 0 radical (unpaired) electrons. The highest BCUT2D eigenvalue weighted by atomic mass is 32.2. The van der Waals surface area contributed by atoms with Crippen LogP contribution in [-0.4, -0.2) is 20.2 Å². The van der Waals surface area contributed by atoms with Crippen LogP contribution in [0.2, 0.25) is 0 Å². The lowest BCUT2D eigenvalue weighted by Gasteiger charge is -2.18. The number of benzene rings is 1. The van der Waals surface area contributed by atoms with Crippen LogP contribution >= 0.6 is 0 Å². The van der Waals surface area contributed by atoms with E-state index in [-0.39, 0.29) is 17.7 Å². The quantitative estimate of drug-likeness (QED) is 0.873. The van der Waals surface area contributed by atoms with Crippen LogP contribution in [0, 0.1) is 0 Å². The normalized spacial score (nSPS) is 24.0. The number of rotatable bonds is 3. The Kier molecular flexibility index (Phi) is 3.04. The molecule has 1 aliphatic rings. The molecule has 0 aliphatic carbocycles. The van der Waals surface area contributed by atoms with Gasteiger partial charge in [0.1, 0.15) is 0 Å². The van der Waals surface area contributed by atoms with Crippen LogP contribution < -0.4 is 5.73 Å². The summed E-state index contributed by atoms with van der Waals surface area (Å²) in [5.74, 6) is 0.147. The number of nitrogens with two attached hydrogens (primary N) is 1. The monoisotopic (exact) mass is 239 g/mol. The maximum Gasteiger partial charge on any atom is 0.179 e. The van der Waals surface area contributed by atoms with E-state index in [0.29, 0.717) is 4.90 Å². The SMILES string of the molecule is CCCC(N)C1CS(=O)(=O)c2ccccc21. The Labute approximate surface area is 96.6 Å². The predicted octanol–water partition coefficient (Wildman–Crippen LogP) is 1.68. The lowest BCUT2D eigenvalue weighted by atomic mass is 9.91. The van der Waals surface area contributed by atoms with Gasteiger partial charge in [-0.25, -0.2) is 8.42 Å². The van der Waals surface area contributed by atoms with Gasteiger partial charge in [-0.15, -0.1) is 0 Å². The smallest absolute Gasteiger partial charge is 0.179 e. The van der Waals surface area contributed by atoms with Crippen molar-refractivity contribution in [2.75, 3.05) is 5.75 Å². The Bertz CT molecular complexity index is 482. The summed E-state index contributed by atoms with van der Waals surface area (Å²) in [6.07, 6.45) is 1.86. The highest BCUT2D eigenvalue weighted by Crippen LogP contribution is 2.37. The van der Waals surface area contributed by atoms with Gasteiger partial charge in [-0.05, 0) is 18.1 Å². The maximum absolute atomic E-state index is 11.9. The molecule has 1 aromatic carbocycles. The van der Waals surface area contributed by atoms with Crippen LogP contribution in [0.3, 0.4) is 0 Å². The van der Waals surface area contributed by atoms with Crippen molar-refractivity contribution in [1.29, 1.82) is 0 Å². The van der Waals surface area contributed by atoms with Gasteiger partial charge in [0.05, 0.1) is 10.6 Å². The van der Waals surface area contributed by atoms with Crippen molar-refractivity contribution >= 4 is 9.84 Å². The Morgan fingerprint density at radius 1 is 1.44 bits per heavy atom. The molecular formula is C12H17NO2S. The van der Waals surface area contributed by atoms with Gasteiger partial charge in [0, 0.05) is 12.0 Å². The van der Waals surface area contributed by atoms with Gasteiger partial charge in [-0.2, -0.15) is 0 Å². The average Bonchev–Trinajstić information content (AvgIpc) is 2.52. The molecule has 0 spiro atoms. The van der Waals surface area contributed by atoms with Crippen LogP contribution in [0.5, 0.6) is 0 Å². The second-order valence-electron chi connectivity index (χ2n) is 4.38. The third-order valence-electron chi connectivity index (χ3n) is 3.19. The zero-order valence-electron chi connectivity index (χ0n) is 9.39.